The largest absolute Gasteiger partial charge is 0.366 e. The lowest BCUT2D eigenvalue weighted by molar-refractivity contribution is -0.132. The number of pyridine rings is 1. The molecule has 6 nitrogen and oxygen atoms in total. The molecule has 1 aliphatic heterocycles. The van der Waals surface area contributed by atoms with E-state index >= 15 is 0 Å². The van der Waals surface area contributed by atoms with Gasteiger partial charge in [0.1, 0.15) is 0 Å². The van der Waals surface area contributed by atoms with Gasteiger partial charge < -0.3 is 10.2 Å². The van der Waals surface area contributed by atoms with Gasteiger partial charge in [-0.3, -0.25) is 9.89 Å². The van der Waals surface area contributed by atoms with Gasteiger partial charge in [0, 0.05) is 24.0 Å². The van der Waals surface area contributed by atoms with Crippen LogP contribution in [0.2, 0.25) is 5.02 Å². The van der Waals surface area contributed by atoms with Crippen molar-refractivity contribution in [3.63, 3.8) is 0 Å². The maximum Gasteiger partial charge on any atom is 0.223 e. The van der Waals surface area contributed by atoms with Gasteiger partial charge in [0.25, 0.3) is 0 Å². The summed E-state index contributed by atoms with van der Waals surface area (Å²) in [6, 6.07) is 12.1. The lowest BCUT2D eigenvalue weighted by atomic mass is 10.1. The summed E-state index contributed by atoms with van der Waals surface area (Å²) in [4.78, 5) is 19.7. The molecule has 0 saturated carbocycles. The predicted octanol–water partition coefficient (Wildman–Crippen LogP) is 4.73. The van der Waals surface area contributed by atoms with Crippen LogP contribution in [0, 0.1) is 0 Å². The maximum absolute atomic E-state index is 12.9. The normalized spacial score (nSPS) is 16.7. The van der Waals surface area contributed by atoms with Crippen molar-refractivity contribution in [1.82, 2.24) is 20.1 Å². The van der Waals surface area contributed by atoms with Crippen LogP contribution >= 0.6 is 11.6 Å². The molecule has 3 heterocycles. The molecule has 1 aromatic carbocycles. The van der Waals surface area contributed by atoms with Gasteiger partial charge in [0.2, 0.25) is 5.91 Å². The standard InChI is InChI=1S/C22H26ClN5O/c1-14(2)24-21-17-9-10-18(25-22(17)27-26-21)19-7-4-12-28(19)20(29)11-8-15-5-3-6-16(23)13-15/h3,5-6,9-10,13-14,19H,4,7-8,11-12H2,1-2H3,(H2,24,25,26,27)/t19-/m0/s1. The average Bonchev–Trinajstić information content (AvgIpc) is 3.33. The van der Waals surface area contributed by atoms with Crippen LogP contribution in [0.3, 0.4) is 0 Å². The average molecular weight is 412 g/mol. The Bertz CT molecular complexity index is 1020. The van der Waals surface area contributed by atoms with Gasteiger partial charge in [-0.25, -0.2) is 4.98 Å². The summed E-state index contributed by atoms with van der Waals surface area (Å²) >= 11 is 6.05. The fourth-order valence-electron chi connectivity index (χ4n) is 3.95. The molecule has 1 saturated heterocycles. The van der Waals surface area contributed by atoms with Crippen molar-refractivity contribution in [3.8, 4) is 0 Å². The Kier molecular flexibility index (Phi) is 5.72. The monoisotopic (exact) mass is 411 g/mol. The minimum Gasteiger partial charge on any atom is -0.366 e. The zero-order valence-electron chi connectivity index (χ0n) is 16.8. The number of H-pyrrole nitrogens is 1. The first-order chi connectivity index (χ1) is 14.0. The number of nitrogens with zero attached hydrogens (tertiary/aromatic N) is 3. The number of aromatic nitrogens is 3. The minimum absolute atomic E-state index is 0.0241. The summed E-state index contributed by atoms with van der Waals surface area (Å²) < 4.78 is 0. The second-order valence-electron chi connectivity index (χ2n) is 7.88. The Morgan fingerprint density at radius 3 is 3.00 bits per heavy atom. The molecule has 1 fully saturated rings. The molecule has 0 unspecified atom stereocenters. The van der Waals surface area contributed by atoms with E-state index in [1.165, 1.54) is 0 Å². The van der Waals surface area contributed by atoms with Crippen molar-refractivity contribution < 1.29 is 4.79 Å². The highest BCUT2D eigenvalue weighted by Gasteiger charge is 2.31. The number of carbonyl (C=O) groups excluding carboxylic acids is 1. The van der Waals surface area contributed by atoms with Crippen LogP contribution in [-0.2, 0) is 11.2 Å². The van der Waals surface area contributed by atoms with E-state index in [4.69, 9.17) is 16.6 Å². The molecule has 152 valence electrons. The van der Waals surface area contributed by atoms with E-state index in [-0.39, 0.29) is 11.9 Å². The molecule has 29 heavy (non-hydrogen) atoms. The number of nitrogens with one attached hydrogen (secondary N) is 2. The van der Waals surface area contributed by atoms with E-state index in [2.05, 4.69) is 29.4 Å². The third-order valence-corrected chi connectivity index (χ3v) is 5.54. The zero-order valence-corrected chi connectivity index (χ0v) is 17.5. The molecular weight excluding hydrogens is 386 g/mol. The van der Waals surface area contributed by atoms with E-state index in [1.807, 2.05) is 41.3 Å². The van der Waals surface area contributed by atoms with Crippen LogP contribution < -0.4 is 5.32 Å². The third-order valence-electron chi connectivity index (χ3n) is 5.30. The maximum atomic E-state index is 12.9. The number of likely N-dealkylation sites (tertiary alicyclic amines) is 1. The number of rotatable bonds is 6. The van der Waals surface area contributed by atoms with Gasteiger partial charge in [0.05, 0.1) is 17.1 Å². The molecule has 4 rings (SSSR count). The fraction of sp³-hybridized carbons (Fsp3) is 0.409. The van der Waals surface area contributed by atoms with E-state index < -0.39 is 0 Å². The summed E-state index contributed by atoms with van der Waals surface area (Å²) in [7, 11) is 0. The van der Waals surface area contributed by atoms with E-state index in [0.717, 1.165) is 47.5 Å². The van der Waals surface area contributed by atoms with Crippen LogP contribution in [0.1, 0.15) is 50.4 Å². The Morgan fingerprint density at radius 2 is 2.21 bits per heavy atom. The van der Waals surface area contributed by atoms with Gasteiger partial charge in [-0.05, 0) is 62.9 Å². The van der Waals surface area contributed by atoms with Crippen molar-refractivity contribution in [2.24, 2.45) is 0 Å². The summed E-state index contributed by atoms with van der Waals surface area (Å²) in [5.74, 6) is 0.982. The summed E-state index contributed by atoms with van der Waals surface area (Å²) in [5.41, 5.74) is 2.76. The van der Waals surface area contributed by atoms with Crippen LogP contribution in [0.5, 0.6) is 0 Å². The van der Waals surface area contributed by atoms with Gasteiger partial charge in [-0.2, -0.15) is 5.10 Å². The SMILES string of the molecule is CC(C)Nc1n[nH]c2nc([C@@H]3CCCN3C(=O)CCc3cccc(Cl)c3)ccc12. The molecular formula is C22H26ClN5O. The number of amides is 1. The highest BCUT2D eigenvalue weighted by molar-refractivity contribution is 6.30. The fourth-order valence-corrected chi connectivity index (χ4v) is 4.16. The highest BCUT2D eigenvalue weighted by Crippen LogP contribution is 2.33. The van der Waals surface area contributed by atoms with Crippen molar-refractivity contribution in [3.05, 3.63) is 52.7 Å². The lowest BCUT2D eigenvalue weighted by Crippen LogP contribution is -2.31. The Morgan fingerprint density at radius 1 is 1.34 bits per heavy atom. The molecule has 1 atom stereocenters. The number of anilines is 1. The quantitative estimate of drug-likeness (QED) is 0.615. The number of aryl methyl sites for hydroxylation is 1. The molecule has 7 heteroatoms. The lowest BCUT2D eigenvalue weighted by Gasteiger charge is -2.24. The first kappa shape index (κ1) is 19.7. The number of carbonyl (C=O) groups is 1. The number of fused-ring (bicyclic) bond motifs is 1. The van der Waals surface area contributed by atoms with Crippen LogP contribution in [0.4, 0.5) is 5.82 Å². The molecule has 0 radical (unpaired) electrons. The third kappa shape index (κ3) is 4.37. The first-order valence-corrected chi connectivity index (χ1v) is 10.5. The summed E-state index contributed by atoms with van der Waals surface area (Å²) in [5, 5.41) is 12.4. The van der Waals surface area contributed by atoms with Gasteiger partial charge >= 0.3 is 0 Å². The number of aromatic amines is 1. The molecule has 1 amide bonds. The van der Waals surface area contributed by atoms with Crippen LogP contribution in [0.15, 0.2) is 36.4 Å². The molecule has 1 aliphatic rings. The van der Waals surface area contributed by atoms with E-state index in [1.54, 1.807) is 0 Å². The minimum atomic E-state index is 0.0241. The van der Waals surface area contributed by atoms with Crippen molar-refractivity contribution in [2.45, 2.75) is 51.6 Å². The Hall–Kier alpha value is -2.60. The van der Waals surface area contributed by atoms with Gasteiger partial charge in [-0.1, -0.05) is 23.7 Å². The van der Waals surface area contributed by atoms with Crippen molar-refractivity contribution in [2.75, 3.05) is 11.9 Å². The molecule has 0 aliphatic carbocycles. The molecule has 0 spiro atoms. The Balaban J connectivity index is 1.48. The number of hydrogen-bond donors (Lipinski definition) is 2. The topological polar surface area (TPSA) is 73.9 Å². The molecule has 2 N–H and O–H groups in total. The highest BCUT2D eigenvalue weighted by atomic mass is 35.5. The van der Waals surface area contributed by atoms with E-state index in [0.29, 0.717) is 23.9 Å². The van der Waals surface area contributed by atoms with Gasteiger partial charge in [-0.15, -0.1) is 0 Å². The van der Waals surface area contributed by atoms with Crippen LogP contribution in [0.25, 0.3) is 11.0 Å². The molecule has 2 aromatic heterocycles. The summed E-state index contributed by atoms with van der Waals surface area (Å²) in [6.45, 7) is 4.93. The number of benzene rings is 1. The van der Waals surface area contributed by atoms with Crippen molar-refractivity contribution >= 4 is 34.4 Å². The molecule has 0 bridgehead atoms. The summed E-state index contributed by atoms with van der Waals surface area (Å²) in [6.07, 6.45) is 3.11. The van der Waals surface area contributed by atoms with E-state index in [9.17, 15) is 4.79 Å². The zero-order chi connectivity index (χ0) is 20.4. The van der Waals surface area contributed by atoms with Crippen LogP contribution in [-0.4, -0.2) is 38.6 Å². The Labute approximate surface area is 175 Å². The van der Waals surface area contributed by atoms with Gasteiger partial charge in [0.15, 0.2) is 11.5 Å². The first-order valence-electron chi connectivity index (χ1n) is 10.2. The second-order valence-corrected chi connectivity index (χ2v) is 8.32. The smallest absolute Gasteiger partial charge is 0.223 e. The predicted molar refractivity (Wildman–Crippen MR) is 116 cm³/mol. The number of halogens is 1. The van der Waals surface area contributed by atoms with Crippen molar-refractivity contribution in [1.29, 1.82) is 0 Å². The number of hydrogen-bond acceptors (Lipinski definition) is 4. The molecule has 3 aromatic rings. The second kappa shape index (κ2) is 8.41.